The van der Waals surface area contributed by atoms with Crippen molar-refractivity contribution in [2.45, 2.75) is 38.5 Å². The van der Waals surface area contributed by atoms with Gasteiger partial charge in [-0.2, -0.15) is 0 Å². The van der Waals surface area contributed by atoms with E-state index in [9.17, 15) is 4.79 Å². The fraction of sp³-hybridized carbons (Fsp3) is 0.500. The maximum Gasteiger partial charge on any atom is 0.226 e. The van der Waals surface area contributed by atoms with Crippen LogP contribution >= 0.6 is 12.2 Å². The largest absolute Gasteiger partial charge is 0.389 e. The predicted molar refractivity (Wildman–Crippen MR) is 86.9 cm³/mol. The van der Waals surface area contributed by atoms with Crippen LogP contribution in [0, 0.1) is 5.92 Å². The van der Waals surface area contributed by atoms with E-state index in [-0.39, 0.29) is 5.91 Å². The van der Waals surface area contributed by atoms with Gasteiger partial charge >= 0.3 is 0 Å². The minimum Gasteiger partial charge on any atom is -0.389 e. The topological polar surface area (TPSA) is 46.3 Å². The molecule has 0 aromatic heterocycles. The zero-order valence-corrected chi connectivity index (χ0v) is 12.8. The van der Waals surface area contributed by atoms with E-state index >= 15 is 0 Å². The second-order valence-electron chi connectivity index (χ2n) is 5.58. The molecule has 2 rings (SSSR count). The molecule has 4 heteroatoms. The number of nitrogens with zero attached hydrogens (tertiary/aromatic N) is 1. The van der Waals surface area contributed by atoms with Crippen molar-refractivity contribution >= 4 is 28.8 Å². The highest BCUT2D eigenvalue weighted by Gasteiger charge is 2.20. The highest BCUT2D eigenvalue weighted by atomic mass is 32.1. The van der Waals surface area contributed by atoms with Gasteiger partial charge in [0.2, 0.25) is 5.91 Å². The molecule has 0 aliphatic heterocycles. The quantitative estimate of drug-likeness (QED) is 0.866. The van der Waals surface area contributed by atoms with Gasteiger partial charge in [0.25, 0.3) is 0 Å². The van der Waals surface area contributed by atoms with E-state index in [1.165, 1.54) is 32.1 Å². The van der Waals surface area contributed by atoms with Crippen LogP contribution in [0.2, 0.25) is 0 Å². The van der Waals surface area contributed by atoms with Gasteiger partial charge < -0.3 is 10.6 Å². The van der Waals surface area contributed by atoms with Gasteiger partial charge in [-0.3, -0.25) is 4.79 Å². The Kier molecular flexibility index (Phi) is 5.12. The van der Waals surface area contributed by atoms with Crippen LogP contribution in [-0.2, 0) is 4.79 Å². The summed E-state index contributed by atoms with van der Waals surface area (Å²) in [4.78, 5) is 14.4. The molecule has 0 bridgehead atoms. The zero-order chi connectivity index (χ0) is 14.5. The highest BCUT2D eigenvalue weighted by Crippen LogP contribution is 2.27. The van der Waals surface area contributed by atoms with Crippen LogP contribution in [0.3, 0.4) is 0 Å². The molecule has 0 atom stereocenters. The van der Waals surface area contributed by atoms with Gasteiger partial charge in [-0.25, -0.2) is 0 Å². The predicted octanol–water partition coefficient (Wildman–Crippen LogP) is 3.25. The van der Waals surface area contributed by atoms with Crippen molar-refractivity contribution in [3.63, 3.8) is 0 Å². The molecule has 0 saturated heterocycles. The first-order valence-corrected chi connectivity index (χ1v) is 7.65. The third kappa shape index (κ3) is 3.79. The maximum atomic E-state index is 12.4. The summed E-state index contributed by atoms with van der Waals surface area (Å²) in [6.07, 6.45) is 6.86. The first kappa shape index (κ1) is 15.0. The third-order valence-electron chi connectivity index (χ3n) is 4.08. The molecular weight excluding hydrogens is 268 g/mol. The molecule has 1 amide bonds. The Morgan fingerprint density at radius 1 is 1.35 bits per heavy atom. The van der Waals surface area contributed by atoms with E-state index in [1.54, 1.807) is 4.90 Å². The Hall–Kier alpha value is -1.42. The molecule has 20 heavy (non-hydrogen) atoms. The first-order valence-electron chi connectivity index (χ1n) is 7.24. The third-order valence-corrected chi connectivity index (χ3v) is 4.32. The van der Waals surface area contributed by atoms with E-state index in [4.69, 9.17) is 18.0 Å². The fourth-order valence-corrected chi connectivity index (χ4v) is 2.91. The molecule has 1 aromatic rings. The average Bonchev–Trinajstić information content (AvgIpc) is 2.47. The Bertz CT molecular complexity index is 495. The van der Waals surface area contributed by atoms with Gasteiger partial charge in [0.05, 0.1) is 0 Å². The molecule has 0 heterocycles. The lowest BCUT2D eigenvalue weighted by Crippen LogP contribution is -2.29. The molecule has 1 aromatic carbocycles. The van der Waals surface area contributed by atoms with Crippen LogP contribution < -0.4 is 10.6 Å². The van der Waals surface area contributed by atoms with Gasteiger partial charge in [0.1, 0.15) is 4.99 Å². The summed E-state index contributed by atoms with van der Waals surface area (Å²) in [6.45, 7) is 0. The van der Waals surface area contributed by atoms with Gasteiger partial charge in [-0.15, -0.1) is 0 Å². The van der Waals surface area contributed by atoms with Gasteiger partial charge in [-0.1, -0.05) is 43.6 Å². The number of carbonyl (C=O) groups excluding carboxylic acids is 1. The second kappa shape index (κ2) is 6.84. The molecule has 108 valence electrons. The molecule has 0 spiro atoms. The maximum absolute atomic E-state index is 12.4. The lowest BCUT2D eigenvalue weighted by molar-refractivity contribution is -0.119. The molecular formula is C16H22N2OS. The van der Waals surface area contributed by atoms with Crippen molar-refractivity contribution in [3.05, 3.63) is 29.8 Å². The number of thiocarbonyl (C=S) groups is 1. The van der Waals surface area contributed by atoms with E-state index in [2.05, 4.69) is 0 Å². The fourth-order valence-electron chi connectivity index (χ4n) is 2.79. The molecule has 1 aliphatic carbocycles. The van der Waals surface area contributed by atoms with Crippen LogP contribution in [0.5, 0.6) is 0 Å². The number of rotatable bonds is 4. The first-order chi connectivity index (χ1) is 9.58. The standard InChI is InChI=1S/C16H22N2OS/c1-18(14-9-5-8-13(11-14)16(17)20)15(19)10-12-6-3-2-4-7-12/h5,8-9,11-12H,2-4,6-7,10H2,1H3,(H2,17,20). The van der Waals surface area contributed by atoms with Gasteiger partial charge in [0.15, 0.2) is 0 Å². The van der Waals surface area contributed by atoms with Gasteiger partial charge in [-0.05, 0) is 30.9 Å². The summed E-state index contributed by atoms with van der Waals surface area (Å²) in [6, 6.07) is 7.54. The Balaban J connectivity index is 2.02. The number of amides is 1. The number of hydrogen-bond acceptors (Lipinski definition) is 2. The van der Waals surface area contributed by atoms with Gasteiger partial charge in [0, 0.05) is 24.7 Å². The summed E-state index contributed by atoms with van der Waals surface area (Å²) >= 11 is 4.98. The SMILES string of the molecule is CN(C(=O)CC1CCCCC1)c1cccc(C(N)=S)c1. The van der Waals surface area contributed by atoms with E-state index in [0.29, 0.717) is 17.3 Å². The summed E-state index contributed by atoms with van der Waals surface area (Å²) in [5, 5.41) is 0. The van der Waals surface area contributed by atoms with Crippen LogP contribution in [0.15, 0.2) is 24.3 Å². The molecule has 1 fully saturated rings. The molecule has 0 radical (unpaired) electrons. The lowest BCUT2D eigenvalue weighted by Gasteiger charge is -2.24. The van der Waals surface area contributed by atoms with Crippen molar-refractivity contribution in [1.82, 2.24) is 0 Å². The monoisotopic (exact) mass is 290 g/mol. The molecule has 1 aliphatic rings. The Morgan fingerprint density at radius 3 is 2.70 bits per heavy atom. The van der Waals surface area contributed by atoms with E-state index in [1.807, 2.05) is 31.3 Å². The highest BCUT2D eigenvalue weighted by molar-refractivity contribution is 7.80. The number of anilines is 1. The van der Waals surface area contributed by atoms with E-state index in [0.717, 1.165) is 11.3 Å². The Labute approximate surface area is 126 Å². The van der Waals surface area contributed by atoms with Crippen molar-refractivity contribution in [3.8, 4) is 0 Å². The van der Waals surface area contributed by atoms with Crippen molar-refractivity contribution < 1.29 is 4.79 Å². The number of hydrogen-bond donors (Lipinski definition) is 1. The minimum atomic E-state index is 0.178. The number of nitrogens with two attached hydrogens (primary N) is 1. The van der Waals surface area contributed by atoms with Crippen molar-refractivity contribution in [2.24, 2.45) is 11.7 Å². The van der Waals surface area contributed by atoms with Crippen LogP contribution in [-0.4, -0.2) is 17.9 Å². The summed E-state index contributed by atoms with van der Waals surface area (Å²) < 4.78 is 0. The summed E-state index contributed by atoms with van der Waals surface area (Å²) in [5.41, 5.74) is 7.29. The van der Waals surface area contributed by atoms with Crippen LogP contribution in [0.1, 0.15) is 44.1 Å². The Morgan fingerprint density at radius 2 is 2.05 bits per heavy atom. The summed E-state index contributed by atoms with van der Waals surface area (Å²) in [5.74, 6) is 0.731. The zero-order valence-electron chi connectivity index (χ0n) is 12.0. The van der Waals surface area contributed by atoms with Crippen LogP contribution in [0.25, 0.3) is 0 Å². The molecule has 3 nitrogen and oxygen atoms in total. The molecule has 2 N–H and O–H groups in total. The van der Waals surface area contributed by atoms with Crippen molar-refractivity contribution in [2.75, 3.05) is 11.9 Å². The molecule has 1 saturated carbocycles. The lowest BCUT2D eigenvalue weighted by atomic mass is 9.86. The smallest absolute Gasteiger partial charge is 0.226 e. The van der Waals surface area contributed by atoms with Crippen molar-refractivity contribution in [1.29, 1.82) is 0 Å². The van der Waals surface area contributed by atoms with Crippen LogP contribution in [0.4, 0.5) is 5.69 Å². The normalized spacial score (nSPS) is 15.8. The number of carbonyl (C=O) groups is 1. The second-order valence-corrected chi connectivity index (χ2v) is 6.02. The number of benzene rings is 1. The van der Waals surface area contributed by atoms with E-state index < -0.39 is 0 Å². The summed E-state index contributed by atoms with van der Waals surface area (Å²) in [7, 11) is 1.82. The molecule has 0 unspecified atom stereocenters. The average molecular weight is 290 g/mol. The minimum absolute atomic E-state index is 0.178.